The van der Waals surface area contributed by atoms with E-state index in [1.807, 2.05) is 11.8 Å². The first-order chi connectivity index (χ1) is 7.08. The molecule has 0 unspecified atom stereocenters. The third kappa shape index (κ3) is 5.28. The van der Waals surface area contributed by atoms with Gasteiger partial charge in [-0.2, -0.15) is 11.8 Å². The molecule has 0 spiro atoms. The number of furan rings is 1. The summed E-state index contributed by atoms with van der Waals surface area (Å²) < 4.78 is 5.70. The first-order valence-corrected chi connectivity index (χ1v) is 6.55. The molecule has 0 bridgehead atoms. The van der Waals surface area contributed by atoms with E-state index in [9.17, 15) is 0 Å². The summed E-state index contributed by atoms with van der Waals surface area (Å²) in [6, 6.07) is 4.64. The van der Waals surface area contributed by atoms with Crippen molar-refractivity contribution in [1.82, 2.24) is 5.32 Å². The second-order valence-electron chi connectivity index (χ2n) is 4.26. The van der Waals surface area contributed by atoms with Gasteiger partial charge in [0.05, 0.1) is 12.3 Å². The predicted octanol–water partition coefficient (Wildman–Crippen LogP) is 3.42. The second-order valence-corrected chi connectivity index (χ2v) is 5.83. The lowest BCUT2D eigenvalue weighted by atomic mass is 10.3. The van der Waals surface area contributed by atoms with E-state index >= 15 is 0 Å². The first kappa shape index (κ1) is 12.7. The summed E-state index contributed by atoms with van der Waals surface area (Å²) in [6.45, 7) is 9.50. The van der Waals surface area contributed by atoms with Crippen LogP contribution in [0.5, 0.6) is 0 Å². The Labute approximate surface area is 96.8 Å². The number of rotatable bonds is 6. The zero-order valence-electron chi connectivity index (χ0n) is 10.0. The first-order valence-electron chi connectivity index (χ1n) is 5.50. The van der Waals surface area contributed by atoms with Gasteiger partial charge in [-0.15, -0.1) is 0 Å². The van der Waals surface area contributed by atoms with Crippen LogP contribution in [0.2, 0.25) is 0 Å². The molecule has 0 saturated carbocycles. The molecule has 15 heavy (non-hydrogen) atoms. The van der Waals surface area contributed by atoms with Crippen LogP contribution in [0.1, 0.15) is 39.2 Å². The Morgan fingerprint density at radius 2 is 1.87 bits per heavy atom. The molecule has 0 atom stereocenters. The van der Waals surface area contributed by atoms with Gasteiger partial charge in [0.25, 0.3) is 0 Å². The topological polar surface area (TPSA) is 25.2 Å². The molecule has 0 radical (unpaired) electrons. The van der Waals surface area contributed by atoms with Crippen LogP contribution in [0.25, 0.3) is 0 Å². The minimum Gasteiger partial charge on any atom is -0.464 e. The van der Waals surface area contributed by atoms with Gasteiger partial charge >= 0.3 is 0 Å². The van der Waals surface area contributed by atoms with E-state index in [4.69, 9.17) is 4.42 Å². The van der Waals surface area contributed by atoms with Gasteiger partial charge < -0.3 is 9.73 Å². The van der Waals surface area contributed by atoms with Gasteiger partial charge in [0, 0.05) is 6.04 Å². The smallest absolute Gasteiger partial charge is 0.118 e. The second kappa shape index (κ2) is 6.23. The Balaban J connectivity index is 2.35. The van der Waals surface area contributed by atoms with Gasteiger partial charge in [0.15, 0.2) is 0 Å². The van der Waals surface area contributed by atoms with Gasteiger partial charge in [-0.05, 0) is 17.4 Å². The Morgan fingerprint density at radius 3 is 2.47 bits per heavy atom. The van der Waals surface area contributed by atoms with Gasteiger partial charge in [-0.3, -0.25) is 0 Å². The third-order valence-electron chi connectivity index (χ3n) is 1.96. The van der Waals surface area contributed by atoms with Crippen LogP contribution < -0.4 is 5.32 Å². The van der Waals surface area contributed by atoms with Crippen molar-refractivity contribution in [3.05, 3.63) is 23.7 Å². The summed E-state index contributed by atoms with van der Waals surface area (Å²) in [6.07, 6.45) is 0. The molecule has 1 rings (SSSR count). The van der Waals surface area contributed by atoms with E-state index in [0.29, 0.717) is 11.3 Å². The van der Waals surface area contributed by atoms with Crippen LogP contribution in [0.4, 0.5) is 0 Å². The molecule has 0 aliphatic rings. The minimum absolute atomic E-state index is 0.503. The summed E-state index contributed by atoms with van der Waals surface area (Å²) in [7, 11) is 0. The highest BCUT2D eigenvalue weighted by Gasteiger charge is 2.03. The lowest BCUT2D eigenvalue weighted by Crippen LogP contribution is -2.21. The molecule has 0 aliphatic carbocycles. The molecule has 86 valence electrons. The monoisotopic (exact) mass is 227 g/mol. The molecule has 1 aromatic heterocycles. The zero-order chi connectivity index (χ0) is 11.3. The Kier molecular flexibility index (Phi) is 5.26. The standard InChI is InChI=1S/C12H21NOS/c1-9(2)13-7-11-5-6-12(14-11)8-15-10(3)4/h5-6,9-10,13H,7-8H2,1-4H3. The molecule has 1 N–H and O–H groups in total. The molecule has 3 heteroatoms. The van der Waals surface area contributed by atoms with Gasteiger partial charge in [0.1, 0.15) is 11.5 Å². The largest absolute Gasteiger partial charge is 0.464 e. The van der Waals surface area contributed by atoms with E-state index in [0.717, 1.165) is 23.8 Å². The molecular formula is C12H21NOS. The van der Waals surface area contributed by atoms with Gasteiger partial charge in [-0.25, -0.2) is 0 Å². The number of hydrogen-bond donors (Lipinski definition) is 1. The summed E-state index contributed by atoms with van der Waals surface area (Å²) in [5.41, 5.74) is 0. The maximum Gasteiger partial charge on any atom is 0.118 e. The third-order valence-corrected chi connectivity index (χ3v) is 3.08. The van der Waals surface area contributed by atoms with Crippen LogP contribution in [-0.4, -0.2) is 11.3 Å². The number of hydrogen-bond acceptors (Lipinski definition) is 3. The summed E-state index contributed by atoms with van der Waals surface area (Å²) in [5, 5.41) is 4.00. The average Bonchev–Trinajstić information content (AvgIpc) is 2.59. The highest BCUT2D eigenvalue weighted by atomic mass is 32.2. The van der Waals surface area contributed by atoms with Crippen LogP contribution in [0.3, 0.4) is 0 Å². The maximum atomic E-state index is 5.70. The van der Waals surface area contributed by atoms with Crippen molar-refractivity contribution >= 4 is 11.8 Å². The molecule has 2 nitrogen and oxygen atoms in total. The van der Waals surface area contributed by atoms with Crippen molar-refractivity contribution in [3.8, 4) is 0 Å². The summed E-state index contributed by atoms with van der Waals surface area (Å²) in [4.78, 5) is 0. The van der Waals surface area contributed by atoms with Crippen LogP contribution in [0, 0.1) is 0 Å². The number of thioether (sulfide) groups is 1. The molecule has 0 aliphatic heterocycles. The predicted molar refractivity (Wildman–Crippen MR) is 67.1 cm³/mol. The van der Waals surface area contributed by atoms with E-state index in [-0.39, 0.29) is 0 Å². The summed E-state index contributed by atoms with van der Waals surface area (Å²) >= 11 is 1.91. The normalized spacial score (nSPS) is 11.6. The molecule has 0 amide bonds. The fraction of sp³-hybridized carbons (Fsp3) is 0.667. The van der Waals surface area contributed by atoms with Crippen molar-refractivity contribution in [3.63, 3.8) is 0 Å². The quantitative estimate of drug-likeness (QED) is 0.806. The Morgan fingerprint density at radius 1 is 1.20 bits per heavy atom. The van der Waals surface area contributed by atoms with Crippen molar-refractivity contribution in [1.29, 1.82) is 0 Å². The van der Waals surface area contributed by atoms with E-state index in [1.165, 1.54) is 0 Å². The molecule has 0 aromatic carbocycles. The molecule has 1 aromatic rings. The van der Waals surface area contributed by atoms with Crippen molar-refractivity contribution in [2.24, 2.45) is 0 Å². The minimum atomic E-state index is 0.503. The molecular weight excluding hydrogens is 206 g/mol. The fourth-order valence-corrected chi connectivity index (χ4v) is 1.80. The zero-order valence-corrected chi connectivity index (χ0v) is 10.9. The van der Waals surface area contributed by atoms with Crippen molar-refractivity contribution in [2.45, 2.75) is 51.3 Å². The lowest BCUT2D eigenvalue weighted by Gasteiger charge is -2.05. The van der Waals surface area contributed by atoms with E-state index < -0.39 is 0 Å². The SMILES string of the molecule is CC(C)NCc1ccc(CSC(C)C)o1. The maximum absolute atomic E-state index is 5.70. The van der Waals surface area contributed by atoms with Crippen LogP contribution in [-0.2, 0) is 12.3 Å². The highest BCUT2D eigenvalue weighted by molar-refractivity contribution is 7.99. The van der Waals surface area contributed by atoms with E-state index in [2.05, 4.69) is 45.1 Å². The lowest BCUT2D eigenvalue weighted by molar-refractivity contribution is 0.445. The molecule has 1 heterocycles. The average molecular weight is 227 g/mol. The Hall–Kier alpha value is -0.410. The number of nitrogens with one attached hydrogen (secondary N) is 1. The van der Waals surface area contributed by atoms with E-state index in [1.54, 1.807) is 0 Å². The van der Waals surface area contributed by atoms with Gasteiger partial charge in [-0.1, -0.05) is 27.7 Å². The van der Waals surface area contributed by atoms with Crippen LogP contribution in [0.15, 0.2) is 16.5 Å². The van der Waals surface area contributed by atoms with Gasteiger partial charge in [0.2, 0.25) is 0 Å². The highest BCUT2D eigenvalue weighted by Crippen LogP contribution is 2.18. The summed E-state index contributed by atoms with van der Waals surface area (Å²) in [5.74, 6) is 3.08. The molecule has 0 saturated heterocycles. The van der Waals surface area contributed by atoms with Crippen LogP contribution >= 0.6 is 11.8 Å². The Bertz CT molecular complexity index is 254. The fourth-order valence-electron chi connectivity index (χ4n) is 1.15. The molecule has 0 fully saturated rings. The van der Waals surface area contributed by atoms with Crippen molar-refractivity contribution < 1.29 is 4.42 Å². The van der Waals surface area contributed by atoms with Crippen molar-refractivity contribution in [2.75, 3.05) is 0 Å².